The average Bonchev–Trinajstić information content (AvgIpc) is 3.14. The zero-order valence-electron chi connectivity index (χ0n) is 13.0. The summed E-state index contributed by atoms with van der Waals surface area (Å²) in [6, 6.07) is 0. The van der Waals surface area contributed by atoms with Crippen LogP contribution in [0.1, 0.15) is 13.8 Å². The molecule has 2 aromatic heterocycles. The number of thioether (sulfide) groups is 1. The fourth-order valence-corrected chi connectivity index (χ4v) is 3.63. The molecule has 0 amide bonds. The van der Waals surface area contributed by atoms with Gasteiger partial charge >= 0.3 is 0 Å². The summed E-state index contributed by atoms with van der Waals surface area (Å²) in [5.74, 6) is -0.719. The van der Waals surface area contributed by atoms with Gasteiger partial charge in [0.1, 0.15) is 35.2 Å². The highest BCUT2D eigenvalue weighted by atomic mass is 32.2. The molecule has 1 N–H and O–H groups in total. The molecule has 0 bridgehead atoms. The summed E-state index contributed by atoms with van der Waals surface area (Å²) in [5, 5.41) is 10.9. The van der Waals surface area contributed by atoms with Crippen molar-refractivity contribution in [3.05, 3.63) is 12.7 Å². The summed E-state index contributed by atoms with van der Waals surface area (Å²) in [7, 11) is 0. The molecule has 23 heavy (non-hydrogen) atoms. The van der Waals surface area contributed by atoms with E-state index in [1.807, 2.05) is 24.7 Å². The molecular weight excluding hydrogens is 320 g/mol. The highest BCUT2D eigenvalue weighted by Gasteiger charge is 2.54. The van der Waals surface area contributed by atoms with Crippen molar-refractivity contribution in [3.63, 3.8) is 0 Å². The average molecular weight is 338 g/mol. The van der Waals surface area contributed by atoms with Crippen molar-refractivity contribution in [1.29, 1.82) is 0 Å². The Balaban J connectivity index is 1.61. The first-order chi connectivity index (χ1) is 11.0. The van der Waals surface area contributed by atoms with Crippen molar-refractivity contribution in [1.82, 2.24) is 19.5 Å². The topological polar surface area (TPSA) is 91.5 Å². The van der Waals surface area contributed by atoms with Crippen LogP contribution >= 0.6 is 11.8 Å². The molecule has 2 aliphatic rings. The third-order valence-electron chi connectivity index (χ3n) is 4.06. The van der Waals surface area contributed by atoms with Crippen molar-refractivity contribution in [3.8, 4) is 0 Å². The van der Waals surface area contributed by atoms with Crippen LogP contribution in [0.3, 0.4) is 0 Å². The van der Waals surface area contributed by atoms with E-state index >= 15 is 0 Å². The zero-order valence-corrected chi connectivity index (χ0v) is 13.9. The number of hydrogen-bond acceptors (Lipinski definition) is 8. The molecule has 8 nitrogen and oxygen atoms in total. The van der Waals surface area contributed by atoms with Gasteiger partial charge in [0.05, 0.1) is 12.9 Å². The molecule has 124 valence electrons. The van der Waals surface area contributed by atoms with Crippen LogP contribution in [-0.2, 0) is 20.8 Å². The second kappa shape index (κ2) is 5.38. The molecule has 4 heterocycles. The summed E-state index contributed by atoms with van der Waals surface area (Å²) in [6.45, 7) is 4.14. The van der Waals surface area contributed by atoms with Crippen LogP contribution in [0.2, 0.25) is 0 Å². The van der Waals surface area contributed by atoms with Gasteiger partial charge in [-0.25, -0.2) is 15.0 Å². The molecule has 2 aliphatic heterocycles. The maximum Gasteiger partial charge on any atom is 0.184 e. The Labute approximate surface area is 137 Å². The van der Waals surface area contributed by atoms with E-state index in [4.69, 9.17) is 14.2 Å². The third kappa shape index (κ3) is 2.52. The van der Waals surface area contributed by atoms with E-state index in [2.05, 4.69) is 15.0 Å². The predicted octanol–water partition coefficient (Wildman–Crippen LogP) is 0.785. The maximum atomic E-state index is 10.0. The van der Waals surface area contributed by atoms with Crippen LogP contribution in [-0.4, -0.2) is 61.3 Å². The minimum absolute atomic E-state index is 0.320. The number of rotatable bonds is 3. The number of ether oxygens (including phenoxy) is 3. The lowest BCUT2D eigenvalue weighted by Gasteiger charge is -2.22. The number of nitrogens with zero attached hydrogens (tertiary/aromatic N) is 4. The standard InChI is InChI=1S/C14H18N4O4S/c1-14(2)21-9-7(20-13(19)10(9)22-14)4-18-6-17-8-11(18)15-5-16-12(8)23-3/h5-7,9-10,13,19H,4H2,1-3H3/t7-,9+,10-,13+/m1/s1. The molecule has 0 radical (unpaired) electrons. The Bertz CT molecular complexity index is 737. The van der Waals surface area contributed by atoms with Gasteiger partial charge in [0.25, 0.3) is 0 Å². The molecule has 0 aliphatic carbocycles. The summed E-state index contributed by atoms with van der Waals surface area (Å²) in [5.41, 5.74) is 1.50. The third-order valence-corrected chi connectivity index (χ3v) is 4.75. The van der Waals surface area contributed by atoms with E-state index < -0.39 is 18.2 Å². The lowest BCUT2D eigenvalue weighted by Crippen LogP contribution is -2.32. The zero-order chi connectivity index (χ0) is 16.2. The summed E-state index contributed by atoms with van der Waals surface area (Å²) in [6.07, 6.45) is 3.08. The SMILES string of the molecule is CSc1ncnc2c1ncn2C[C@H]1O[C@H](O)[C@@H]2OC(C)(C)O[C@H]21. The first kappa shape index (κ1) is 15.3. The van der Waals surface area contributed by atoms with E-state index in [1.165, 1.54) is 18.1 Å². The van der Waals surface area contributed by atoms with Gasteiger partial charge in [-0.2, -0.15) is 0 Å². The first-order valence-corrected chi connectivity index (χ1v) is 8.60. The van der Waals surface area contributed by atoms with Crippen LogP contribution in [0.15, 0.2) is 17.7 Å². The number of imidazole rings is 1. The van der Waals surface area contributed by atoms with Gasteiger partial charge in [-0.15, -0.1) is 11.8 Å². The molecule has 0 saturated carbocycles. The monoisotopic (exact) mass is 338 g/mol. The number of aromatic nitrogens is 4. The summed E-state index contributed by atoms with van der Waals surface area (Å²) >= 11 is 1.53. The fourth-order valence-electron chi connectivity index (χ4n) is 3.14. The molecule has 4 rings (SSSR count). The van der Waals surface area contributed by atoms with Crippen LogP contribution in [0.4, 0.5) is 0 Å². The second-order valence-electron chi connectivity index (χ2n) is 6.08. The Hall–Kier alpha value is -1.26. The highest BCUT2D eigenvalue weighted by Crippen LogP contribution is 2.38. The van der Waals surface area contributed by atoms with E-state index in [1.54, 1.807) is 6.33 Å². The molecule has 4 atom stereocenters. The highest BCUT2D eigenvalue weighted by molar-refractivity contribution is 7.98. The fraction of sp³-hybridized carbons (Fsp3) is 0.643. The van der Waals surface area contributed by atoms with Gasteiger partial charge < -0.3 is 23.9 Å². The molecule has 0 aromatic carbocycles. The van der Waals surface area contributed by atoms with E-state index in [0.29, 0.717) is 6.54 Å². The quantitative estimate of drug-likeness (QED) is 0.649. The van der Waals surface area contributed by atoms with Gasteiger partial charge in [-0.3, -0.25) is 0 Å². The van der Waals surface area contributed by atoms with Crippen molar-refractivity contribution in [2.45, 2.75) is 55.8 Å². The normalized spacial score (nSPS) is 32.5. The van der Waals surface area contributed by atoms with Crippen LogP contribution in [0, 0.1) is 0 Å². The minimum Gasteiger partial charge on any atom is -0.366 e. The van der Waals surface area contributed by atoms with Crippen LogP contribution in [0.5, 0.6) is 0 Å². The molecule has 2 fully saturated rings. The largest absolute Gasteiger partial charge is 0.366 e. The van der Waals surface area contributed by atoms with Crippen molar-refractivity contribution < 1.29 is 19.3 Å². The van der Waals surface area contributed by atoms with E-state index in [0.717, 1.165) is 16.2 Å². The molecular formula is C14H18N4O4S. The Morgan fingerprint density at radius 2 is 2.04 bits per heavy atom. The number of aliphatic hydroxyl groups is 1. The Morgan fingerprint density at radius 3 is 2.83 bits per heavy atom. The van der Waals surface area contributed by atoms with Gasteiger partial charge in [-0.1, -0.05) is 0 Å². The van der Waals surface area contributed by atoms with Crippen molar-refractivity contribution in [2.24, 2.45) is 0 Å². The Morgan fingerprint density at radius 1 is 1.26 bits per heavy atom. The second-order valence-corrected chi connectivity index (χ2v) is 6.88. The Kier molecular flexibility index (Phi) is 3.58. The smallest absolute Gasteiger partial charge is 0.184 e. The van der Waals surface area contributed by atoms with Crippen LogP contribution < -0.4 is 0 Å². The van der Waals surface area contributed by atoms with Gasteiger partial charge in [0.15, 0.2) is 17.7 Å². The molecule has 2 saturated heterocycles. The van der Waals surface area contributed by atoms with Crippen molar-refractivity contribution in [2.75, 3.05) is 6.26 Å². The number of hydrogen-bond donors (Lipinski definition) is 1. The number of aliphatic hydroxyl groups excluding tert-OH is 1. The van der Waals surface area contributed by atoms with Gasteiger partial charge in [0, 0.05) is 0 Å². The predicted molar refractivity (Wildman–Crippen MR) is 81.8 cm³/mol. The van der Waals surface area contributed by atoms with Crippen LogP contribution in [0.25, 0.3) is 11.2 Å². The maximum absolute atomic E-state index is 10.0. The first-order valence-electron chi connectivity index (χ1n) is 7.37. The van der Waals surface area contributed by atoms with Gasteiger partial charge in [-0.05, 0) is 20.1 Å². The molecule has 9 heteroatoms. The van der Waals surface area contributed by atoms with Crippen molar-refractivity contribution >= 4 is 22.9 Å². The van der Waals surface area contributed by atoms with E-state index in [-0.39, 0.29) is 12.2 Å². The molecule has 2 aromatic rings. The van der Waals surface area contributed by atoms with Gasteiger partial charge in [0.2, 0.25) is 0 Å². The van der Waals surface area contributed by atoms with E-state index in [9.17, 15) is 5.11 Å². The molecule has 0 spiro atoms. The lowest BCUT2D eigenvalue weighted by atomic mass is 10.1. The lowest BCUT2D eigenvalue weighted by molar-refractivity contribution is -0.221. The minimum atomic E-state index is -0.988. The molecule has 0 unspecified atom stereocenters. The summed E-state index contributed by atoms with van der Waals surface area (Å²) in [4.78, 5) is 12.9. The summed E-state index contributed by atoms with van der Waals surface area (Å²) < 4.78 is 19.1. The number of fused-ring (bicyclic) bond motifs is 2.